The molecule has 4 heteroatoms. The largest absolute Gasteiger partial charge is 0.487 e. The zero-order chi connectivity index (χ0) is 15.0. The first kappa shape index (κ1) is 15.3. The van der Waals surface area contributed by atoms with E-state index < -0.39 is 11.7 Å². The molecule has 1 aromatic rings. The Balaban J connectivity index is 2.45. The molecule has 3 N–H and O–H groups in total. The topological polar surface area (TPSA) is 64.7 Å². The van der Waals surface area contributed by atoms with Gasteiger partial charge in [0.2, 0.25) is 0 Å². The molecule has 0 radical (unpaired) electrons. The molecule has 0 amide bonds. The minimum atomic E-state index is -0.616. The molecule has 0 aliphatic carbocycles. The second-order valence-electron chi connectivity index (χ2n) is 6.30. The Morgan fingerprint density at radius 1 is 1.35 bits per heavy atom. The van der Waals surface area contributed by atoms with Crippen LogP contribution in [0.2, 0.25) is 0 Å². The van der Waals surface area contributed by atoms with Crippen molar-refractivity contribution in [2.24, 2.45) is 5.73 Å². The van der Waals surface area contributed by atoms with E-state index in [1.165, 1.54) is 0 Å². The Bertz CT molecular complexity index is 473. The molecule has 0 spiro atoms. The monoisotopic (exact) mass is 279 g/mol. The van der Waals surface area contributed by atoms with E-state index in [2.05, 4.69) is 0 Å². The van der Waals surface area contributed by atoms with Gasteiger partial charge in [0.25, 0.3) is 0 Å². The molecule has 3 unspecified atom stereocenters. The highest BCUT2D eigenvalue weighted by atomic mass is 16.5. The van der Waals surface area contributed by atoms with Crippen LogP contribution in [0.25, 0.3) is 0 Å². The molecular weight excluding hydrogens is 254 g/mol. The normalized spacial score (nSPS) is 27.3. The molecule has 4 nitrogen and oxygen atoms in total. The van der Waals surface area contributed by atoms with Gasteiger partial charge in [-0.15, -0.1) is 0 Å². The van der Waals surface area contributed by atoms with Gasteiger partial charge in [-0.25, -0.2) is 0 Å². The van der Waals surface area contributed by atoms with Gasteiger partial charge in [-0.1, -0.05) is 18.2 Å². The van der Waals surface area contributed by atoms with Gasteiger partial charge in [-0.05, 0) is 33.8 Å². The standard InChI is InChI=1S/C16H25NO3/c1-11(18)12(2)19-16(10-17)9-15(3,4)20-14-8-6-5-7-13(14)16/h5-8,11-12,18H,9-10,17H2,1-4H3. The van der Waals surface area contributed by atoms with Crippen LogP contribution >= 0.6 is 0 Å². The average Bonchev–Trinajstić information content (AvgIpc) is 2.37. The predicted molar refractivity (Wildman–Crippen MR) is 78.7 cm³/mol. The van der Waals surface area contributed by atoms with E-state index in [9.17, 15) is 5.11 Å². The van der Waals surface area contributed by atoms with Crippen molar-refractivity contribution in [1.82, 2.24) is 0 Å². The lowest BCUT2D eigenvalue weighted by Crippen LogP contribution is -2.52. The van der Waals surface area contributed by atoms with Gasteiger partial charge in [0.1, 0.15) is 17.0 Å². The number of para-hydroxylation sites is 1. The molecule has 0 aromatic heterocycles. The maximum atomic E-state index is 9.74. The lowest BCUT2D eigenvalue weighted by Gasteiger charge is -2.46. The van der Waals surface area contributed by atoms with E-state index in [1.54, 1.807) is 6.92 Å². The first-order chi connectivity index (χ1) is 9.30. The maximum Gasteiger partial charge on any atom is 0.126 e. The molecule has 3 atom stereocenters. The number of nitrogens with two attached hydrogens (primary N) is 1. The summed E-state index contributed by atoms with van der Waals surface area (Å²) >= 11 is 0. The highest BCUT2D eigenvalue weighted by Gasteiger charge is 2.46. The second-order valence-corrected chi connectivity index (χ2v) is 6.30. The Labute approximate surface area is 120 Å². The number of ether oxygens (including phenoxy) is 2. The maximum absolute atomic E-state index is 9.74. The van der Waals surface area contributed by atoms with Crippen LogP contribution in [0.4, 0.5) is 0 Å². The van der Waals surface area contributed by atoms with Crippen LogP contribution in [0.5, 0.6) is 5.75 Å². The lowest BCUT2D eigenvalue weighted by molar-refractivity contribution is -0.158. The molecule has 20 heavy (non-hydrogen) atoms. The van der Waals surface area contributed by atoms with Gasteiger partial charge in [-0.3, -0.25) is 0 Å². The molecule has 0 saturated carbocycles. The molecule has 112 valence electrons. The highest BCUT2D eigenvalue weighted by molar-refractivity contribution is 5.41. The smallest absolute Gasteiger partial charge is 0.126 e. The molecule has 0 bridgehead atoms. The van der Waals surface area contributed by atoms with E-state index in [0.717, 1.165) is 11.3 Å². The van der Waals surface area contributed by atoms with Crippen molar-refractivity contribution in [1.29, 1.82) is 0 Å². The molecule has 1 aromatic carbocycles. The summed E-state index contributed by atoms with van der Waals surface area (Å²) in [6.07, 6.45) is -0.179. The molecule has 0 fully saturated rings. The van der Waals surface area contributed by atoms with E-state index in [0.29, 0.717) is 13.0 Å². The van der Waals surface area contributed by atoms with E-state index in [1.807, 2.05) is 45.0 Å². The van der Waals surface area contributed by atoms with Crippen LogP contribution in [0.15, 0.2) is 24.3 Å². The Kier molecular flexibility index (Phi) is 4.09. The van der Waals surface area contributed by atoms with Crippen LogP contribution in [-0.4, -0.2) is 29.5 Å². The van der Waals surface area contributed by atoms with Gasteiger partial charge in [-0.2, -0.15) is 0 Å². The van der Waals surface area contributed by atoms with Gasteiger partial charge in [0, 0.05) is 18.5 Å². The van der Waals surface area contributed by atoms with E-state index in [4.69, 9.17) is 15.2 Å². The zero-order valence-corrected chi connectivity index (χ0v) is 12.7. The van der Waals surface area contributed by atoms with Crippen LogP contribution in [-0.2, 0) is 10.3 Å². The number of aliphatic hydroxyl groups is 1. The third kappa shape index (κ3) is 2.82. The van der Waals surface area contributed by atoms with Gasteiger partial charge in [0.05, 0.1) is 12.2 Å². The van der Waals surface area contributed by atoms with Crippen molar-refractivity contribution in [2.75, 3.05) is 6.54 Å². The number of benzene rings is 1. The highest BCUT2D eigenvalue weighted by Crippen LogP contribution is 2.45. The SMILES string of the molecule is CC(O)C(C)OC1(CN)CC(C)(C)Oc2ccccc21. The average molecular weight is 279 g/mol. The van der Waals surface area contributed by atoms with Crippen molar-refractivity contribution in [2.45, 2.75) is 57.5 Å². The summed E-state index contributed by atoms with van der Waals surface area (Å²) in [6, 6.07) is 7.84. The van der Waals surface area contributed by atoms with Crippen molar-refractivity contribution in [3.05, 3.63) is 29.8 Å². The molecule has 1 aliphatic heterocycles. The second kappa shape index (κ2) is 5.35. The van der Waals surface area contributed by atoms with Crippen LogP contribution in [0.1, 0.15) is 39.7 Å². The fourth-order valence-corrected chi connectivity index (χ4v) is 2.84. The van der Waals surface area contributed by atoms with Crippen molar-refractivity contribution >= 4 is 0 Å². The summed E-state index contributed by atoms with van der Waals surface area (Å²) in [6.45, 7) is 8.01. The van der Waals surface area contributed by atoms with Gasteiger partial charge >= 0.3 is 0 Å². The van der Waals surface area contributed by atoms with Crippen LogP contribution < -0.4 is 10.5 Å². The molecule has 1 heterocycles. The molecular formula is C16H25NO3. The summed E-state index contributed by atoms with van der Waals surface area (Å²) in [5.41, 5.74) is 6.06. The molecule has 0 saturated heterocycles. The van der Waals surface area contributed by atoms with Crippen molar-refractivity contribution in [3.63, 3.8) is 0 Å². The minimum absolute atomic E-state index is 0.291. The fraction of sp³-hybridized carbons (Fsp3) is 0.625. The number of rotatable bonds is 4. The summed E-state index contributed by atoms with van der Waals surface area (Å²) in [5.74, 6) is 0.812. The Morgan fingerprint density at radius 2 is 2.00 bits per heavy atom. The zero-order valence-electron chi connectivity index (χ0n) is 12.7. The summed E-state index contributed by atoms with van der Waals surface area (Å²) in [5, 5.41) is 9.74. The number of hydrogen-bond acceptors (Lipinski definition) is 4. The van der Waals surface area contributed by atoms with Crippen molar-refractivity contribution in [3.8, 4) is 5.75 Å². The third-order valence-corrected chi connectivity index (χ3v) is 3.90. The van der Waals surface area contributed by atoms with Gasteiger partial charge < -0.3 is 20.3 Å². The third-order valence-electron chi connectivity index (χ3n) is 3.90. The minimum Gasteiger partial charge on any atom is -0.487 e. The number of fused-ring (bicyclic) bond motifs is 1. The quantitative estimate of drug-likeness (QED) is 0.886. The molecule has 1 aliphatic rings. The fourth-order valence-electron chi connectivity index (χ4n) is 2.84. The first-order valence-electron chi connectivity index (χ1n) is 7.14. The lowest BCUT2D eigenvalue weighted by atomic mass is 9.80. The van der Waals surface area contributed by atoms with Gasteiger partial charge in [0.15, 0.2) is 0 Å². The summed E-state index contributed by atoms with van der Waals surface area (Å²) in [4.78, 5) is 0. The summed E-state index contributed by atoms with van der Waals surface area (Å²) < 4.78 is 12.2. The predicted octanol–water partition coefficient (Wildman–Crippen LogP) is 2.19. The number of hydrogen-bond donors (Lipinski definition) is 2. The first-order valence-corrected chi connectivity index (χ1v) is 7.14. The Hall–Kier alpha value is -1.10. The van der Waals surface area contributed by atoms with Crippen LogP contribution in [0.3, 0.4) is 0 Å². The van der Waals surface area contributed by atoms with E-state index >= 15 is 0 Å². The van der Waals surface area contributed by atoms with E-state index in [-0.39, 0.29) is 11.7 Å². The summed E-state index contributed by atoms with van der Waals surface area (Å²) in [7, 11) is 0. The molecule has 2 rings (SSSR count). The van der Waals surface area contributed by atoms with Crippen LogP contribution in [0, 0.1) is 0 Å². The van der Waals surface area contributed by atoms with Crippen molar-refractivity contribution < 1.29 is 14.6 Å². The Morgan fingerprint density at radius 3 is 2.60 bits per heavy atom. The number of aliphatic hydroxyl groups excluding tert-OH is 1.